The van der Waals surface area contributed by atoms with Crippen LogP contribution in [0.25, 0.3) is 22.4 Å². The molecule has 0 unspecified atom stereocenters. The Labute approximate surface area is 112 Å². The van der Waals surface area contributed by atoms with E-state index in [0.29, 0.717) is 0 Å². The fourth-order valence-corrected chi connectivity index (χ4v) is 2.54. The van der Waals surface area contributed by atoms with E-state index in [1.807, 2.05) is 31.2 Å². The number of aromatic nitrogens is 3. The summed E-state index contributed by atoms with van der Waals surface area (Å²) in [6, 6.07) is 8.09. The van der Waals surface area contributed by atoms with Gasteiger partial charge in [-0.3, -0.25) is 4.98 Å². The molecule has 0 aliphatic carbocycles. The second-order valence-electron chi connectivity index (χ2n) is 5.01. The van der Waals surface area contributed by atoms with Crippen molar-refractivity contribution in [3.8, 4) is 11.4 Å². The van der Waals surface area contributed by atoms with E-state index in [4.69, 9.17) is 0 Å². The van der Waals surface area contributed by atoms with Crippen LogP contribution in [0.15, 0.2) is 24.3 Å². The van der Waals surface area contributed by atoms with Gasteiger partial charge in [-0.2, -0.15) is 0 Å². The second kappa shape index (κ2) is 4.19. The van der Waals surface area contributed by atoms with Gasteiger partial charge in [-0.05, 0) is 51.0 Å². The molecule has 1 N–H and O–H groups in total. The third-order valence-electron chi connectivity index (χ3n) is 3.80. The highest BCUT2D eigenvalue weighted by Gasteiger charge is 2.14. The van der Waals surface area contributed by atoms with Crippen molar-refractivity contribution in [1.82, 2.24) is 15.0 Å². The van der Waals surface area contributed by atoms with E-state index in [1.54, 1.807) is 0 Å². The summed E-state index contributed by atoms with van der Waals surface area (Å²) in [5.74, 6) is 0.909. The van der Waals surface area contributed by atoms with Gasteiger partial charge in [0.05, 0.1) is 11.0 Å². The van der Waals surface area contributed by atoms with Gasteiger partial charge in [0.2, 0.25) is 0 Å². The van der Waals surface area contributed by atoms with Gasteiger partial charge in [-0.1, -0.05) is 12.1 Å². The Morgan fingerprint density at radius 1 is 0.842 bits per heavy atom. The molecule has 0 spiro atoms. The molecule has 0 amide bonds. The predicted octanol–water partition coefficient (Wildman–Crippen LogP) is 3.86. The molecule has 19 heavy (non-hydrogen) atoms. The maximum atomic E-state index is 4.68. The zero-order valence-electron chi connectivity index (χ0n) is 11.7. The number of hydrogen-bond donors (Lipinski definition) is 1. The normalized spacial score (nSPS) is 11.2. The number of rotatable bonds is 1. The summed E-state index contributed by atoms with van der Waals surface area (Å²) in [5, 5.41) is 0. The summed E-state index contributed by atoms with van der Waals surface area (Å²) in [6.07, 6.45) is 0. The van der Waals surface area contributed by atoms with Crippen molar-refractivity contribution < 1.29 is 0 Å². The van der Waals surface area contributed by atoms with E-state index >= 15 is 0 Å². The zero-order valence-corrected chi connectivity index (χ0v) is 11.7. The summed E-state index contributed by atoms with van der Waals surface area (Å²) in [7, 11) is 0. The average molecular weight is 251 g/mol. The zero-order chi connectivity index (χ0) is 13.6. The third kappa shape index (κ3) is 1.82. The van der Waals surface area contributed by atoms with E-state index < -0.39 is 0 Å². The molecule has 0 aliphatic rings. The molecule has 0 atom stereocenters. The van der Waals surface area contributed by atoms with Crippen LogP contribution in [0.2, 0.25) is 0 Å². The lowest BCUT2D eigenvalue weighted by atomic mass is 10.0. The highest BCUT2D eigenvalue weighted by atomic mass is 14.9. The molecule has 0 aliphatic heterocycles. The minimum absolute atomic E-state index is 0.909. The lowest BCUT2D eigenvalue weighted by Crippen LogP contribution is -2.00. The van der Waals surface area contributed by atoms with Crippen molar-refractivity contribution >= 4 is 11.0 Å². The van der Waals surface area contributed by atoms with Crippen LogP contribution in [0, 0.1) is 27.7 Å². The topological polar surface area (TPSA) is 41.6 Å². The summed E-state index contributed by atoms with van der Waals surface area (Å²) in [5.41, 5.74) is 7.79. The Morgan fingerprint density at radius 2 is 1.58 bits per heavy atom. The average Bonchev–Trinajstić information content (AvgIpc) is 2.79. The van der Waals surface area contributed by atoms with Crippen LogP contribution in [0.3, 0.4) is 0 Å². The summed E-state index contributed by atoms with van der Waals surface area (Å²) >= 11 is 0. The molecule has 3 rings (SSSR count). The molecule has 0 radical (unpaired) electrons. The summed E-state index contributed by atoms with van der Waals surface area (Å²) in [4.78, 5) is 12.7. The van der Waals surface area contributed by atoms with Gasteiger partial charge >= 0.3 is 0 Å². The van der Waals surface area contributed by atoms with Crippen molar-refractivity contribution in [1.29, 1.82) is 0 Å². The first kappa shape index (κ1) is 11.9. The number of fused-ring (bicyclic) bond motifs is 1. The molecule has 0 saturated carbocycles. The van der Waals surface area contributed by atoms with Gasteiger partial charge < -0.3 is 4.98 Å². The molecule has 1 aromatic carbocycles. The number of hydrogen-bond acceptors (Lipinski definition) is 2. The third-order valence-corrected chi connectivity index (χ3v) is 3.80. The second-order valence-corrected chi connectivity index (χ2v) is 5.01. The van der Waals surface area contributed by atoms with Crippen LogP contribution in [-0.4, -0.2) is 15.0 Å². The van der Waals surface area contributed by atoms with E-state index in [1.165, 1.54) is 11.1 Å². The molecular formula is C16H17N3. The number of pyridine rings is 1. The number of H-pyrrole nitrogens is 1. The predicted molar refractivity (Wildman–Crippen MR) is 78.3 cm³/mol. The molecule has 3 nitrogen and oxygen atoms in total. The first-order valence-corrected chi connectivity index (χ1v) is 6.47. The Kier molecular flexibility index (Phi) is 2.63. The van der Waals surface area contributed by atoms with Crippen molar-refractivity contribution in [2.75, 3.05) is 0 Å². The molecule has 96 valence electrons. The molecule has 3 heteroatoms. The molecule has 0 saturated heterocycles. The number of para-hydroxylation sites is 2. The molecule has 2 heterocycles. The lowest BCUT2D eigenvalue weighted by Gasteiger charge is -2.11. The summed E-state index contributed by atoms with van der Waals surface area (Å²) < 4.78 is 0. The van der Waals surface area contributed by atoms with Crippen LogP contribution in [-0.2, 0) is 0 Å². The van der Waals surface area contributed by atoms with Crippen LogP contribution in [0.5, 0.6) is 0 Å². The number of imidazole rings is 1. The molecular weight excluding hydrogens is 234 g/mol. The van der Waals surface area contributed by atoms with E-state index in [0.717, 1.165) is 33.8 Å². The van der Waals surface area contributed by atoms with Crippen molar-refractivity contribution in [3.63, 3.8) is 0 Å². The van der Waals surface area contributed by atoms with E-state index in [2.05, 4.69) is 35.7 Å². The van der Waals surface area contributed by atoms with Gasteiger partial charge in [0.15, 0.2) is 0 Å². The Hall–Kier alpha value is -2.16. The Bertz CT molecular complexity index is 736. The lowest BCUT2D eigenvalue weighted by molar-refractivity contribution is 1.06. The van der Waals surface area contributed by atoms with Gasteiger partial charge in [0, 0.05) is 17.0 Å². The number of aromatic amines is 1. The number of nitrogens with zero attached hydrogens (tertiary/aromatic N) is 2. The fraction of sp³-hybridized carbons (Fsp3) is 0.250. The van der Waals surface area contributed by atoms with Crippen LogP contribution >= 0.6 is 0 Å². The van der Waals surface area contributed by atoms with Crippen molar-refractivity contribution in [3.05, 3.63) is 46.8 Å². The van der Waals surface area contributed by atoms with Gasteiger partial charge in [-0.15, -0.1) is 0 Å². The smallest absolute Gasteiger partial charge is 0.140 e. The Balaban J connectivity index is 2.29. The van der Waals surface area contributed by atoms with Crippen LogP contribution in [0.4, 0.5) is 0 Å². The SMILES string of the molecule is Cc1nc(C)c(-c2nc3ccccc3[nH]2)c(C)c1C. The highest BCUT2D eigenvalue weighted by Crippen LogP contribution is 2.28. The fourth-order valence-electron chi connectivity index (χ4n) is 2.54. The van der Waals surface area contributed by atoms with Crippen molar-refractivity contribution in [2.45, 2.75) is 27.7 Å². The van der Waals surface area contributed by atoms with Gasteiger partial charge in [0.25, 0.3) is 0 Å². The molecule has 0 bridgehead atoms. The van der Waals surface area contributed by atoms with E-state index in [-0.39, 0.29) is 0 Å². The minimum atomic E-state index is 0.909. The maximum Gasteiger partial charge on any atom is 0.140 e. The molecule has 3 aromatic rings. The number of benzene rings is 1. The monoisotopic (exact) mass is 251 g/mol. The Morgan fingerprint density at radius 3 is 2.32 bits per heavy atom. The number of aryl methyl sites for hydroxylation is 2. The minimum Gasteiger partial charge on any atom is -0.338 e. The number of nitrogens with one attached hydrogen (secondary N) is 1. The molecule has 2 aromatic heterocycles. The first-order valence-electron chi connectivity index (χ1n) is 6.47. The van der Waals surface area contributed by atoms with Crippen LogP contribution in [0.1, 0.15) is 22.5 Å². The largest absolute Gasteiger partial charge is 0.338 e. The van der Waals surface area contributed by atoms with Gasteiger partial charge in [0.1, 0.15) is 5.82 Å². The first-order chi connectivity index (χ1) is 9.08. The van der Waals surface area contributed by atoms with Crippen molar-refractivity contribution in [2.24, 2.45) is 0 Å². The van der Waals surface area contributed by atoms with Gasteiger partial charge in [-0.25, -0.2) is 4.98 Å². The highest BCUT2D eigenvalue weighted by molar-refractivity contribution is 5.80. The summed E-state index contributed by atoms with van der Waals surface area (Å²) in [6.45, 7) is 8.35. The quantitative estimate of drug-likeness (QED) is 0.713. The maximum absolute atomic E-state index is 4.68. The van der Waals surface area contributed by atoms with E-state index in [9.17, 15) is 0 Å². The standard InChI is InChI=1S/C16H17N3/c1-9-10(2)15(12(4)17-11(9)3)16-18-13-7-5-6-8-14(13)19-16/h5-8H,1-4H3,(H,18,19). The molecule has 0 fully saturated rings. The van der Waals surface area contributed by atoms with Crippen LogP contribution < -0.4 is 0 Å².